The summed E-state index contributed by atoms with van der Waals surface area (Å²) in [7, 11) is 0. The summed E-state index contributed by atoms with van der Waals surface area (Å²) in [6.07, 6.45) is -1.19. The van der Waals surface area contributed by atoms with Gasteiger partial charge in [0.25, 0.3) is 0 Å². The van der Waals surface area contributed by atoms with Crippen LogP contribution in [0.5, 0.6) is 0 Å². The summed E-state index contributed by atoms with van der Waals surface area (Å²) in [4.78, 5) is 10.4. The molecule has 0 amide bonds. The van der Waals surface area contributed by atoms with Crippen molar-refractivity contribution in [3.63, 3.8) is 0 Å². The van der Waals surface area contributed by atoms with E-state index in [1.54, 1.807) is 0 Å². The summed E-state index contributed by atoms with van der Waals surface area (Å²) in [5, 5.41) is 18.6. The molecule has 0 radical (unpaired) electrons. The van der Waals surface area contributed by atoms with Gasteiger partial charge in [0.2, 0.25) is 0 Å². The molecule has 0 aliphatic carbocycles. The Morgan fingerprint density at radius 2 is 2.08 bits per heavy atom. The fourth-order valence-electron chi connectivity index (χ4n) is 1.32. The van der Waals surface area contributed by atoms with Crippen molar-refractivity contribution in [3.8, 4) is 0 Å². The average Bonchev–Trinajstić information content (AvgIpc) is 2.18. The largest absolute Gasteiger partial charge is 0.390 e. The predicted octanol–water partition coefficient (Wildman–Crippen LogP) is -0.525. The maximum Gasteiger partial charge on any atom is 0.151 e. The lowest BCUT2D eigenvalue weighted by Crippen LogP contribution is -2.38. The maximum atomic E-state index is 10.4. The SMILES string of the molecule is CC1CC[C@@H](O)[C@@H](O)[C@@H](C=O)O1. The van der Waals surface area contributed by atoms with Crippen LogP contribution in [0.15, 0.2) is 0 Å². The number of aliphatic hydroxyl groups is 2. The van der Waals surface area contributed by atoms with E-state index >= 15 is 0 Å². The van der Waals surface area contributed by atoms with E-state index < -0.39 is 18.3 Å². The van der Waals surface area contributed by atoms with Crippen LogP contribution in [0, 0.1) is 0 Å². The number of hydrogen-bond donors (Lipinski definition) is 2. The third-order valence-electron chi connectivity index (χ3n) is 2.12. The highest BCUT2D eigenvalue weighted by atomic mass is 16.5. The first-order valence-electron chi connectivity index (χ1n) is 4.12. The van der Waals surface area contributed by atoms with Crippen molar-refractivity contribution >= 4 is 6.29 Å². The van der Waals surface area contributed by atoms with Crippen LogP contribution in [-0.2, 0) is 9.53 Å². The first-order chi connectivity index (χ1) is 5.65. The van der Waals surface area contributed by atoms with Gasteiger partial charge in [0.15, 0.2) is 6.29 Å². The Labute approximate surface area is 71.2 Å². The molecule has 0 aromatic carbocycles. The maximum absolute atomic E-state index is 10.4. The molecule has 0 aromatic heterocycles. The van der Waals surface area contributed by atoms with Gasteiger partial charge in [0, 0.05) is 0 Å². The van der Waals surface area contributed by atoms with E-state index in [-0.39, 0.29) is 6.10 Å². The van der Waals surface area contributed by atoms with E-state index in [1.165, 1.54) is 0 Å². The van der Waals surface area contributed by atoms with Crippen molar-refractivity contribution < 1.29 is 19.7 Å². The number of rotatable bonds is 1. The highest BCUT2D eigenvalue weighted by Gasteiger charge is 2.31. The second-order valence-corrected chi connectivity index (χ2v) is 3.18. The van der Waals surface area contributed by atoms with Gasteiger partial charge in [0.05, 0.1) is 12.2 Å². The summed E-state index contributed by atoms with van der Waals surface area (Å²) >= 11 is 0. The van der Waals surface area contributed by atoms with Crippen molar-refractivity contribution in [2.45, 2.75) is 44.2 Å². The van der Waals surface area contributed by atoms with Crippen molar-refractivity contribution in [1.82, 2.24) is 0 Å². The van der Waals surface area contributed by atoms with Gasteiger partial charge in [-0.25, -0.2) is 0 Å². The first-order valence-corrected chi connectivity index (χ1v) is 4.12. The fourth-order valence-corrected chi connectivity index (χ4v) is 1.32. The zero-order valence-electron chi connectivity index (χ0n) is 7.01. The Balaban J connectivity index is 2.63. The Hall–Kier alpha value is -0.450. The quantitative estimate of drug-likeness (QED) is 0.525. The number of carbonyl (C=O) groups is 1. The third-order valence-corrected chi connectivity index (χ3v) is 2.12. The van der Waals surface area contributed by atoms with E-state index in [0.29, 0.717) is 19.1 Å². The van der Waals surface area contributed by atoms with E-state index in [1.807, 2.05) is 6.92 Å². The lowest BCUT2D eigenvalue weighted by atomic mass is 10.1. The minimum Gasteiger partial charge on any atom is -0.390 e. The molecule has 1 rings (SSSR count). The van der Waals surface area contributed by atoms with Crippen LogP contribution in [0.3, 0.4) is 0 Å². The second-order valence-electron chi connectivity index (χ2n) is 3.18. The zero-order valence-corrected chi connectivity index (χ0v) is 7.01. The molecule has 4 atom stereocenters. The molecular formula is C8H14O4. The Morgan fingerprint density at radius 3 is 2.67 bits per heavy atom. The van der Waals surface area contributed by atoms with Gasteiger partial charge < -0.3 is 19.7 Å². The third kappa shape index (κ3) is 2.03. The van der Waals surface area contributed by atoms with Crippen LogP contribution >= 0.6 is 0 Å². The molecule has 0 aromatic rings. The topological polar surface area (TPSA) is 66.8 Å². The second kappa shape index (κ2) is 3.98. The highest BCUT2D eigenvalue weighted by molar-refractivity contribution is 5.57. The van der Waals surface area contributed by atoms with Crippen molar-refractivity contribution in [2.24, 2.45) is 0 Å². The minimum absolute atomic E-state index is 0.0769. The van der Waals surface area contributed by atoms with Gasteiger partial charge in [-0.1, -0.05) is 0 Å². The standard InChI is InChI=1S/C8H14O4/c1-5-2-3-6(10)8(11)7(4-9)12-5/h4-8,10-11H,2-3H2,1H3/t5?,6-,7-,8-/m1/s1. The summed E-state index contributed by atoms with van der Waals surface area (Å²) in [6, 6.07) is 0. The van der Waals surface area contributed by atoms with Crippen LogP contribution in [0.4, 0.5) is 0 Å². The summed E-state index contributed by atoms with van der Waals surface area (Å²) in [5.74, 6) is 0. The van der Waals surface area contributed by atoms with Crippen LogP contribution in [-0.4, -0.2) is 40.9 Å². The lowest BCUT2D eigenvalue weighted by molar-refractivity contribution is -0.134. The molecular weight excluding hydrogens is 160 g/mol. The molecule has 1 fully saturated rings. The normalized spacial score (nSPS) is 43.6. The van der Waals surface area contributed by atoms with Crippen LogP contribution in [0.1, 0.15) is 19.8 Å². The lowest BCUT2D eigenvalue weighted by Gasteiger charge is -2.19. The molecule has 4 heteroatoms. The highest BCUT2D eigenvalue weighted by Crippen LogP contribution is 2.18. The van der Waals surface area contributed by atoms with Gasteiger partial charge in [-0.2, -0.15) is 0 Å². The van der Waals surface area contributed by atoms with Gasteiger partial charge in [-0.05, 0) is 19.8 Å². The van der Waals surface area contributed by atoms with Crippen LogP contribution in [0.25, 0.3) is 0 Å². The monoisotopic (exact) mass is 174 g/mol. The molecule has 70 valence electrons. The van der Waals surface area contributed by atoms with Gasteiger partial charge in [0.1, 0.15) is 12.2 Å². The van der Waals surface area contributed by atoms with Crippen molar-refractivity contribution in [3.05, 3.63) is 0 Å². The molecule has 1 aliphatic rings. The van der Waals surface area contributed by atoms with Crippen LogP contribution < -0.4 is 0 Å². The van der Waals surface area contributed by atoms with Crippen molar-refractivity contribution in [2.75, 3.05) is 0 Å². The first kappa shape index (κ1) is 9.64. The summed E-state index contributed by atoms with van der Waals surface area (Å²) in [5.41, 5.74) is 0. The fraction of sp³-hybridized carbons (Fsp3) is 0.875. The Morgan fingerprint density at radius 1 is 1.42 bits per heavy atom. The van der Waals surface area contributed by atoms with E-state index in [4.69, 9.17) is 4.74 Å². The van der Waals surface area contributed by atoms with Gasteiger partial charge >= 0.3 is 0 Å². The molecule has 12 heavy (non-hydrogen) atoms. The molecule has 2 N–H and O–H groups in total. The number of hydrogen-bond acceptors (Lipinski definition) is 4. The molecule has 0 spiro atoms. The Kier molecular flexibility index (Phi) is 3.20. The molecule has 1 saturated heterocycles. The van der Waals surface area contributed by atoms with Gasteiger partial charge in [-0.3, -0.25) is 0 Å². The summed E-state index contributed by atoms with van der Waals surface area (Å²) in [6.45, 7) is 1.82. The Bertz CT molecular complexity index is 159. The smallest absolute Gasteiger partial charge is 0.151 e. The van der Waals surface area contributed by atoms with E-state index in [0.717, 1.165) is 0 Å². The van der Waals surface area contributed by atoms with E-state index in [9.17, 15) is 15.0 Å². The molecule has 4 nitrogen and oxygen atoms in total. The molecule has 1 heterocycles. The van der Waals surface area contributed by atoms with Crippen LogP contribution in [0.2, 0.25) is 0 Å². The predicted molar refractivity (Wildman–Crippen MR) is 41.6 cm³/mol. The molecule has 1 unspecified atom stereocenters. The minimum atomic E-state index is -1.08. The average molecular weight is 174 g/mol. The summed E-state index contributed by atoms with van der Waals surface area (Å²) < 4.78 is 5.17. The molecule has 1 aliphatic heterocycles. The van der Waals surface area contributed by atoms with Crippen molar-refractivity contribution in [1.29, 1.82) is 0 Å². The number of aldehydes is 1. The molecule has 0 bridgehead atoms. The zero-order chi connectivity index (χ0) is 9.14. The van der Waals surface area contributed by atoms with Gasteiger partial charge in [-0.15, -0.1) is 0 Å². The number of ether oxygens (including phenoxy) is 1. The van der Waals surface area contributed by atoms with E-state index in [2.05, 4.69) is 0 Å². The molecule has 0 saturated carbocycles. The number of carbonyl (C=O) groups excluding carboxylic acids is 1. The number of aliphatic hydroxyl groups excluding tert-OH is 2.